The van der Waals surface area contributed by atoms with Gasteiger partial charge in [0.1, 0.15) is 11.5 Å². The van der Waals surface area contributed by atoms with Crippen LogP contribution in [0.5, 0.6) is 0 Å². The highest BCUT2D eigenvalue weighted by atomic mass is 35.6. The molecule has 2 N–H and O–H groups in total. The van der Waals surface area contributed by atoms with Gasteiger partial charge in [0.05, 0.1) is 0 Å². The van der Waals surface area contributed by atoms with Gasteiger partial charge in [-0.1, -0.05) is 34.8 Å². The van der Waals surface area contributed by atoms with Crippen molar-refractivity contribution in [2.24, 2.45) is 5.73 Å². The average Bonchev–Trinajstić information content (AvgIpc) is 1.85. The van der Waals surface area contributed by atoms with Crippen molar-refractivity contribution in [1.29, 1.82) is 0 Å². The maximum atomic E-state index is 10.6. The minimum Gasteiger partial charge on any atom is -0.375 e. The second-order valence-corrected chi connectivity index (χ2v) is 4.84. The molecule has 0 aliphatic carbocycles. The van der Waals surface area contributed by atoms with Crippen LogP contribution in [-0.2, 0) is 9.53 Å². The monoisotopic (exact) mass is 253 g/mol. The first-order chi connectivity index (χ1) is 5.30. The fourth-order valence-electron chi connectivity index (χ4n) is 0.568. The molecule has 0 saturated heterocycles. The highest BCUT2D eigenvalue weighted by molar-refractivity contribution is 6.68. The Kier molecular flexibility index (Phi) is 4.95. The quantitative estimate of drug-likeness (QED) is 0.776. The van der Waals surface area contributed by atoms with Gasteiger partial charge >= 0.3 is 0 Å². The predicted molar refractivity (Wildman–Crippen MR) is 49.9 cm³/mol. The molecule has 72 valence electrons. The summed E-state index contributed by atoms with van der Waals surface area (Å²) in [6, 6.07) is 0. The molecular weight excluding hydrogens is 248 g/mol. The smallest absolute Gasteiger partial charge is 0.238 e. The molecule has 0 aromatic heterocycles. The Morgan fingerprint density at radius 1 is 1.50 bits per heavy atom. The summed E-state index contributed by atoms with van der Waals surface area (Å²) >= 11 is 21.9. The number of rotatable bonds is 3. The van der Waals surface area contributed by atoms with Crippen molar-refractivity contribution in [3.63, 3.8) is 0 Å². The van der Waals surface area contributed by atoms with E-state index in [4.69, 9.17) is 56.9 Å². The Morgan fingerprint density at radius 3 is 2.00 bits per heavy atom. The summed E-state index contributed by atoms with van der Waals surface area (Å²) in [6.45, 7) is 0. The summed E-state index contributed by atoms with van der Waals surface area (Å²) in [5.41, 5.74) is 4.88. The van der Waals surface area contributed by atoms with Crippen LogP contribution in [0.1, 0.15) is 0 Å². The molecule has 0 fully saturated rings. The minimum absolute atomic E-state index is 0.796. The zero-order valence-electron chi connectivity index (χ0n) is 6.06. The largest absolute Gasteiger partial charge is 0.375 e. The third kappa shape index (κ3) is 3.54. The Morgan fingerprint density at radius 2 is 1.92 bits per heavy atom. The normalized spacial score (nSPS) is 17.1. The van der Waals surface area contributed by atoms with Crippen LogP contribution >= 0.6 is 46.4 Å². The van der Waals surface area contributed by atoms with Crippen LogP contribution in [0.25, 0.3) is 0 Å². The van der Waals surface area contributed by atoms with E-state index in [0.717, 1.165) is 0 Å². The zero-order valence-corrected chi connectivity index (χ0v) is 9.08. The van der Waals surface area contributed by atoms with Crippen molar-refractivity contribution in [2.45, 2.75) is 15.3 Å². The van der Waals surface area contributed by atoms with Gasteiger partial charge < -0.3 is 10.5 Å². The van der Waals surface area contributed by atoms with Crippen LogP contribution in [0.3, 0.4) is 0 Å². The highest BCUT2D eigenvalue weighted by Gasteiger charge is 2.40. The fourth-order valence-corrected chi connectivity index (χ4v) is 1.70. The van der Waals surface area contributed by atoms with Crippen molar-refractivity contribution >= 4 is 52.3 Å². The van der Waals surface area contributed by atoms with E-state index in [9.17, 15) is 4.79 Å². The standard InChI is InChI=1S/C5H7Cl4NO2/c1-12-3(5(7,8)9)2(6)4(10)11/h2-3H,1H3,(H2,10,11). The summed E-state index contributed by atoms with van der Waals surface area (Å²) in [6.07, 6.45) is -1.05. The van der Waals surface area contributed by atoms with E-state index in [-0.39, 0.29) is 0 Å². The summed E-state index contributed by atoms with van der Waals surface area (Å²) in [5.74, 6) is -0.796. The molecule has 0 saturated carbocycles. The number of hydrogen-bond donors (Lipinski definition) is 1. The van der Waals surface area contributed by atoms with Gasteiger partial charge in [-0.2, -0.15) is 0 Å². The summed E-state index contributed by atoms with van der Waals surface area (Å²) in [7, 11) is 1.27. The van der Waals surface area contributed by atoms with Gasteiger partial charge in [-0.3, -0.25) is 4.79 Å². The van der Waals surface area contributed by atoms with E-state index >= 15 is 0 Å². The molecule has 1 amide bonds. The van der Waals surface area contributed by atoms with Crippen LogP contribution in [-0.4, -0.2) is 28.3 Å². The number of halogens is 4. The molecule has 7 heteroatoms. The maximum Gasteiger partial charge on any atom is 0.238 e. The van der Waals surface area contributed by atoms with E-state index in [1.807, 2.05) is 0 Å². The lowest BCUT2D eigenvalue weighted by Crippen LogP contribution is -2.43. The summed E-state index contributed by atoms with van der Waals surface area (Å²) in [4.78, 5) is 10.6. The van der Waals surface area contributed by atoms with Crippen LogP contribution < -0.4 is 5.73 Å². The van der Waals surface area contributed by atoms with E-state index < -0.39 is 21.2 Å². The Labute approximate surface area is 90.0 Å². The SMILES string of the molecule is COC(C(Cl)C(N)=O)C(Cl)(Cl)Cl. The van der Waals surface area contributed by atoms with Crippen molar-refractivity contribution in [1.82, 2.24) is 0 Å². The van der Waals surface area contributed by atoms with Crippen LogP contribution in [0.15, 0.2) is 0 Å². The summed E-state index contributed by atoms with van der Waals surface area (Å²) < 4.78 is 2.94. The van der Waals surface area contributed by atoms with Crippen LogP contribution in [0.2, 0.25) is 0 Å². The molecule has 2 unspecified atom stereocenters. The van der Waals surface area contributed by atoms with Crippen LogP contribution in [0, 0.1) is 0 Å². The van der Waals surface area contributed by atoms with Crippen molar-refractivity contribution in [2.75, 3.05) is 7.11 Å². The molecule has 0 spiro atoms. The Bertz CT molecular complexity index is 169. The Balaban J connectivity index is 4.45. The first-order valence-corrected chi connectivity index (χ1v) is 4.40. The molecule has 0 aliphatic rings. The Hall–Kier alpha value is 0.590. The molecule has 12 heavy (non-hydrogen) atoms. The van der Waals surface area contributed by atoms with Gasteiger partial charge in [0.15, 0.2) is 0 Å². The first-order valence-electron chi connectivity index (χ1n) is 2.83. The molecule has 0 aromatic carbocycles. The first kappa shape index (κ1) is 12.6. The molecule has 0 aliphatic heterocycles. The molecule has 3 nitrogen and oxygen atoms in total. The zero-order chi connectivity index (χ0) is 9.94. The fraction of sp³-hybridized carbons (Fsp3) is 0.800. The third-order valence-corrected chi connectivity index (χ3v) is 2.20. The van der Waals surface area contributed by atoms with Crippen LogP contribution in [0.4, 0.5) is 0 Å². The van der Waals surface area contributed by atoms with Gasteiger partial charge in [0.2, 0.25) is 9.70 Å². The number of alkyl halides is 4. The third-order valence-electron chi connectivity index (χ3n) is 1.11. The van der Waals surface area contributed by atoms with E-state index in [1.54, 1.807) is 0 Å². The number of primary amides is 1. The number of ether oxygens (including phenoxy) is 1. The lowest BCUT2D eigenvalue weighted by Gasteiger charge is -2.24. The lowest BCUT2D eigenvalue weighted by molar-refractivity contribution is -0.119. The van der Waals surface area contributed by atoms with Gasteiger partial charge in [-0.05, 0) is 0 Å². The van der Waals surface area contributed by atoms with Gasteiger partial charge in [0, 0.05) is 7.11 Å². The highest BCUT2D eigenvalue weighted by Crippen LogP contribution is 2.35. The van der Waals surface area contributed by atoms with Crippen molar-refractivity contribution < 1.29 is 9.53 Å². The number of amides is 1. The molecule has 0 radical (unpaired) electrons. The average molecular weight is 255 g/mol. The molecule has 0 bridgehead atoms. The predicted octanol–water partition coefficient (Wildman–Crippen LogP) is 1.46. The molecule has 2 atom stereocenters. The van der Waals surface area contributed by atoms with Gasteiger partial charge in [0.25, 0.3) is 0 Å². The number of methoxy groups -OCH3 is 1. The number of nitrogens with two attached hydrogens (primary N) is 1. The molecule has 0 heterocycles. The number of carbonyl (C=O) groups is 1. The molecular formula is C5H7Cl4NO2. The number of carbonyl (C=O) groups excluding carboxylic acids is 1. The van der Waals surface area contributed by atoms with E-state index in [1.165, 1.54) is 7.11 Å². The minimum atomic E-state index is -1.77. The molecule has 0 aromatic rings. The van der Waals surface area contributed by atoms with Crippen molar-refractivity contribution in [3.8, 4) is 0 Å². The number of hydrogen-bond acceptors (Lipinski definition) is 2. The van der Waals surface area contributed by atoms with E-state index in [2.05, 4.69) is 0 Å². The lowest BCUT2D eigenvalue weighted by atomic mass is 10.2. The second-order valence-electron chi connectivity index (χ2n) is 2.00. The van der Waals surface area contributed by atoms with Gasteiger partial charge in [-0.25, -0.2) is 0 Å². The summed E-state index contributed by atoms with van der Waals surface area (Å²) in [5, 5.41) is -1.16. The van der Waals surface area contributed by atoms with Crippen molar-refractivity contribution in [3.05, 3.63) is 0 Å². The second kappa shape index (κ2) is 4.72. The topological polar surface area (TPSA) is 52.3 Å². The van der Waals surface area contributed by atoms with Gasteiger partial charge in [-0.15, -0.1) is 11.6 Å². The molecule has 0 rings (SSSR count). The maximum absolute atomic E-state index is 10.6. The van der Waals surface area contributed by atoms with E-state index in [0.29, 0.717) is 0 Å².